The molecule has 0 aliphatic carbocycles. The summed E-state index contributed by atoms with van der Waals surface area (Å²) in [5.74, 6) is -0.0406. The van der Waals surface area contributed by atoms with Crippen molar-refractivity contribution in [2.45, 2.75) is 45.8 Å². The molecule has 1 aromatic rings. The molecule has 1 rings (SSSR count). The van der Waals surface area contributed by atoms with Crippen LogP contribution in [-0.2, 0) is 16.0 Å². The molecule has 0 aliphatic heterocycles. The number of nitrogens with one attached hydrogen (secondary N) is 1. The Morgan fingerprint density at radius 2 is 2.11 bits per heavy atom. The van der Waals surface area contributed by atoms with E-state index in [9.17, 15) is 9.59 Å². The van der Waals surface area contributed by atoms with Crippen LogP contribution in [-0.4, -0.2) is 44.0 Å². The van der Waals surface area contributed by atoms with Crippen molar-refractivity contribution in [1.82, 2.24) is 5.32 Å². The number of hydrogen-bond acceptors (Lipinski definition) is 3. The summed E-state index contributed by atoms with van der Waals surface area (Å²) in [6, 6.07) is 3.58. The summed E-state index contributed by atoms with van der Waals surface area (Å²) in [6.07, 6.45) is 0.0685. The molecule has 1 aromatic heterocycles. The van der Waals surface area contributed by atoms with Gasteiger partial charge in [-0.3, -0.25) is 0 Å². The SMILES string of the molecule is CC(=O)[C@H](Cc1ccc[te]1)NC(=O)OC(C)(C)C. The van der Waals surface area contributed by atoms with E-state index in [1.165, 1.54) is 10.5 Å². The molecule has 1 atom stereocenters. The van der Waals surface area contributed by atoms with E-state index in [2.05, 4.69) is 9.40 Å². The molecule has 0 spiro atoms. The Balaban J connectivity index is 2.58. The number of rotatable bonds is 4. The fourth-order valence-electron chi connectivity index (χ4n) is 1.38. The van der Waals surface area contributed by atoms with Crippen molar-refractivity contribution in [3.05, 3.63) is 19.8 Å². The van der Waals surface area contributed by atoms with E-state index in [1.54, 1.807) is 20.8 Å². The Bertz CT molecular complexity index is 406. The van der Waals surface area contributed by atoms with Crippen LogP contribution in [0, 0.1) is 0 Å². The van der Waals surface area contributed by atoms with Gasteiger partial charge in [0, 0.05) is 0 Å². The number of hydrogen-bond donors (Lipinski definition) is 1. The molecule has 18 heavy (non-hydrogen) atoms. The van der Waals surface area contributed by atoms with Crippen LogP contribution in [0.2, 0.25) is 0 Å². The van der Waals surface area contributed by atoms with Gasteiger partial charge in [-0.2, -0.15) is 0 Å². The molecule has 0 aliphatic rings. The van der Waals surface area contributed by atoms with E-state index < -0.39 is 17.7 Å². The molecule has 0 fully saturated rings. The van der Waals surface area contributed by atoms with Crippen molar-refractivity contribution < 1.29 is 14.3 Å². The van der Waals surface area contributed by atoms with Gasteiger partial charge in [-0.15, -0.1) is 0 Å². The van der Waals surface area contributed by atoms with Crippen LogP contribution in [0.1, 0.15) is 31.3 Å². The molecule has 0 saturated carbocycles. The first-order chi connectivity index (χ1) is 8.28. The molecule has 1 amide bonds. The van der Waals surface area contributed by atoms with Crippen LogP contribution in [0.4, 0.5) is 4.79 Å². The second kappa shape index (κ2) is 6.40. The van der Waals surface area contributed by atoms with Gasteiger partial charge in [-0.25, -0.2) is 0 Å². The predicted octanol–water partition coefficient (Wildman–Crippen LogP) is 1.77. The minimum absolute atomic E-state index is 0.0406. The first kappa shape index (κ1) is 15.3. The second-order valence-corrected chi connectivity index (χ2v) is 8.04. The van der Waals surface area contributed by atoms with Gasteiger partial charge in [0.1, 0.15) is 0 Å². The van der Waals surface area contributed by atoms with Crippen LogP contribution in [0.3, 0.4) is 0 Å². The Labute approximate surface area is 117 Å². The van der Waals surface area contributed by atoms with Crippen molar-refractivity contribution in [2.75, 3.05) is 0 Å². The number of ether oxygens (including phenoxy) is 1. The third-order valence-electron chi connectivity index (χ3n) is 2.17. The molecule has 0 aromatic carbocycles. The summed E-state index contributed by atoms with van der Waals surface area (Å²) < 4.78 is 8.59. The summed E-state index contributed by atoms with van der Waals surface area (Å²) in [4.78, 5) is 23.2. The average molecular weight is 365 g/mol. The predicted molar refractivity (Wildman–Crippen MR) is 70.9 cm³/mol. The zero-order chi connectivity index (χ0) is 13.8. The van der Waals surface area contributed by atoms with Crippen LogP contribution < -0.4 is 5.32 Å². The van der Waals surface area contributed by atoms with Gasteiger partial charge >= 0.3 is 118 Å². The van der Waals surface area contributed by atoms with E-state index in [0.717, 1.165) is 0 Å². The van der Waals surface area contributed by atoms with Gasteiger partial charge in [0.15, 0.2) is 0 Å². The fourth-order valence-corrected chi connectivity index (χ4v) is 3.52. The third-order valence-corrected chi connectivity index (χ3v) is 4.73. The van der Waals surface area contributed by atoms with Crippen LogP contribution in [0.25, 0.3) is 0 Å². The van der Waals surface area contributed by atoms with Gasteiger partial charge in [0.2, 0.25) is 0 Å². The van der Waals surface area contributed by atoms with Gasteiger partial charge in [0.25, 0.3) is 0 Å². The monoisotopic (exact) mass is 367 g/mol. The van der Waals surface area contributed by atoms with Gasteiger partial charge in [-0.05, 0) is 0 Å². The zero-order valence-corrected chi connectivity index (χ0v) is 13.5. The topological polar surface area (TPSA) is 55.4 Å². The number of alkyl carbamates (subject to hydrolysis) is 1. The summed E-state index contributed by atoms with van der Waals surface area (Å²) in [6.45, 7) is 6.88. The molecule has 100 valence electrons. The Kier molecular flexibility index (Phi) is 5.43. The van der Waals surface area contributed by atoms with Crippen LogP contribution in [0.15, 0.2) is 16.2 Å². The molecule has 0 unspecified atom stereocenters. The molecule has 0 radical (unpaired) electrons. The minimum atomic E-state index is -0.548. The van der Waals surface area contributed by atoms with Crippen LogP contribution >= 0.6 is 0 Å². The number of carbonyl (C=O) groups is 2. The molecule has 5 heteroatoms. The average Bonchev–Trinajstić information content (AvgIpc) is 2.66. The van der Waals surface area contributed by atoms with Gasteiger partial charge < -0.3 is 0 Å². The van der Waals surface area contributed by atoms with E-state index >= 15 is 0 Å². The van der Waals surface area contributed by atoms with Gasteiger partial charge in [-0.1, -0.05) is 0 Å². The van der Waals surface area contributed by atoms with E-state index in [0.29, 0.717) is 6.42 Å². The van der Waals surface area contributed by atoms with E-state index in [4.69, 9.17) is 4.74 Å². The second-order valence-electron chi connectivity index (χ2n) is 5.09. The van der Waals surface area contributed by atoms with Crippen molar-refractivity contribution in [3.8, 4) is 0 Å². The molecule has 0 bridgehead atoms. The van der Waals surface area contributed by atoms with Crippen molar-refractivity contribution in [1.29, 1.82) is 0 Å². The third kappa shape index (κ3) is 5.70. The maximum atomic E-state index is 11.6. The first-order valence-corrected chi connectivity index (χ1v) is 8.31. The Morgan fingerprint density at radius 3 is 2.56 bits per heavy atom. The summed E-state index contributed by atoms with van der Waals surface area (Å²) in [5, 5.41) is 2.64. The van der Waals surface area contributed by atoms with Crippen LogP contribution in [0.5, 0.6) is 0 Å². The Morgan fingerprint density at radius 1 is 1.44 bits per heavy atom. The molecule has 1 N–H and O–H groups in total. The standard InChI is InChI=1S/C13H19NO3Te/c1-9(15)11(8-10-6-5-7-18-10)14-12(16)17-13(2,3)4/h5-7,11H,8H2,1-4H3,(H,14,16)/t11-/m0/s1. The molecular weight excluding hydrogens is 346 g/mol. The summed E-state index contributed by atoms with van der Waals surface area (Å²) in [5.41, 5.74) is -0.548. The molecule has 0 saturated heterocycles. The molecule has 1 heterocycles. The number of Topliss-reactive ketones (excluding diaryl/α,β-unsaturated/α-hetero) is 1. The number of amides is 1. The van der Waals surface area contributed by atoms with E-state index in [1.807, 2.05) is 12.1 Å². The fraction of sp³-hybridized carbons (Fsp3) is 0.538. The van der Waals surface area contributed by atoms with Gasteiger partial charge in [0.05, 0.1) is 0 Å². The number of ketones is 1. The normalized spacial score (nSPS) is 12.9. The molecular formula is C13H19NO3Te. The summed E-state index contributed by atoms with van der Waals surface area (Å²) >= 11 is -0.272. The van der Waals surface area contributed by atoms with E-state index in [-0.39, 0.29) is 26.2 Å². The molecule has 4 nitrogen and oxygen atoms in total. The quantitative estimate of drug-likeness (QED) is 0.828. The Hall–Kier alpha value is -0.790. The zero-order valence-electron chi connectivity index (χ0n) is 11.1. The first-order valence-electron chi connectivity index (χ1n) is 5.80. The van der Waals surface area contributed by atoms with Crippen molar-refractivity contribution in [3.63, 3.8) is 0 Å². The van der Waals surface area contributed by atoms with Crippen molar-refractivity contribution >= 4 is 32.3 Å². The van der Waals surface area contributed by atoms with Crippen molar-refractivity contribution in [2.24, 2.45) is 0 Å². The maximum absolute atomic E-state index is 11.6. The summed E-state index contributed by atoms with van der Waals surface area (Å²) in [7, 11) is 0. The number of carbonyl (C=O) groups excluding carboxylic acids is 2.